The second kappa shape index (κ2) is 21.6. The normalized spacial score (nSPS) is 18.1. The number of rotatable bonds is 16. The third-order valence-corrected chi connectivity index (χ3v) is 11.8. The summed E-state index contributed by atoms with van der Waals surface area (Å²) in [5, 5.41) is 19.7. The number of alkyl halides is 3. The van der Waals surface area contributed by atoms with Crippen LogP contribution in [-0.4, -0.2) is 115 Å². The van der Waals surface area contributed by atoms with E-state index in [1.54, 1.807) is 43.3 Å². The van der Waals surface area contributed by atoms with Gasteiger partial charge >= 0.3 is 6.18 Å². The maximum atomic E-state index is 14.6. The predicted octanol–water partition coefficient (Wildman–Crippen LogP) is 2.22. The van der Waals surface area contributed by atoms with Crippen molar-refractivity contribution in [3.05, 3.63) is 94.8 Å². The monoisotopic (exact) mass is 941 g/mol. The molecule has 1 saturated carbocycles. The third kappa shape index (κ3) is 11.2. The van der Waals surface area contributed by atoms with E-state index in [1.807, 2.05) is 6.07 Å². The van der Waals surface area contributed by atoms with Gasteiger partial charge in [-0.05, 0) is 80.6 Å². The van der Waals surface area contributed by atoms with Gasteiger partial charge in [-0.15, -0.1) is 0 Å². The fourth-order valence-electron chi connectivity index (χ4n) is 7.99. The molecular formula is C47H54F3N11O7. The predicted molar refractivity (Wildman–Crippen MR) is 242 cm³/mol. The number of halogens is 3. The molecule has 1 aromatic heterocycles. The summed E-state index contributed by atoms with van der Waals surface area (Å²) in [6, 6.07) is 12.4. The fraction of sp³-hybridized carbons (Fsp3) is 0.404. The molecule has 21 heteroatoms. The third-order valence-electron chi connectivity index (χ3n) is 11.8. The Morgan fingerprint density at radius 3 is 2.18 bits per heavy atom. The molecule has 4 aromatic rings. The molecule has 0 spiro atoms. The van der Waals surface area contributed by atoms with Gasteiger partial charge in [-0.1, -0.05) is 36.4 Å². The van der Waals surface area contributed by atoms with Crippen LogP contribution in [-0.2, 0) is 31.0 Å². The van der Waals surface area contributed by atoms with Crippen LogP contribution in [0.5, 0.6) is 11.5 Å². The van der Waals surface area contributed by atoms with Crippen LogP contribution in [0.2, 0.25) is 0 Å². The zero-order chi connectivity index (χ0) is 49.3. The van der Waals surface area contributed by atoms with E-state index in [1.165, 1.54) is 44.4 Å². The Morgan fingerprint density at radius 2 is 1.59 bits per heavy atom. The van der Waals surface area contributed by atoms with Crippen molar-refractivity contribution in [2.24, 2.45) is 17.2 Å². The van der Waals surface area contributed by atoms with Crippen LogP contribution in [0.15, 0.2) is 66.9 Å². The average Bonchev–Trinajstić information content (AvgIpc) is 4.14. The summed E-state index contributed by atoms with van der Waals surface area (Å²) in [6.07, 6.45) is -3.20. The van der Waals surface area contributed by atoms with Crippen molar-refractivity contribution in [3.63, 3.8) is 0 Å². The number of hydrogen-bond acceptors (Lipinski definition) is 13. The largest absolute Gasteiger partial charge is 0.492 e. The molecular weight excluding hydrogens is 888 g/mol. The standard InChI is InChI=1S/C47H54F3N11O7/c1-26-34(25-56-40(57-26)29-5-8-31(9-6-29)46(13-14-46)47(48,49)50)42(63)59-35(12-15-51)45(66)61(3)39-30-7-11-38(68-21-18-54)33(24-30)32-22-28(4-10-37(32)67-20-17-53)23-36(43(64)55-19-16-52)60-41(62)27(2)58-44(39)65/h4-11,22,24-25,27,35-36,39H,12-15,17-21,23,51,53-54H2,1-3H3,(H,55,64)(H,58,65)(H,59,63)(H,60,62). The first-order chi connectivity index (χ1) is 32.5. The number of fused-ring (bicyclic) bond motifs is 5. The molecule has 4 bridgehead atoms. The van der Waals surface area contributed by atoms with Crippen molar-refractivity contribution in [2.45, 2.75) is 75.3 Å². The van der Waals surface area contributed by atoms with E-state index in [0.29, 0.717) is 33.8 Å². The van der Waals surface area contributed by atoms with E-state index < -0.39 is 65.3 Å². The van der Waals surface area contributed by atoms with Crippen molar-refractivity contribution >= 4 is 29.5 Å². The second-order valence-electron chi connectivity index (χ2n) is 16.5. The summed E-state index contributed by atoms with van der Waals surface area (Å²) in [7, 11) is 1.36. The smallest absolute Gasteiger partial charge is 0.398 e. The number of hydrogen-bond donors (Lipinski definition) is 7. The highest BCUT2D eigenvalue weighted by atomic mass is 19.4. The molecule has 2 heterocycles. The zero-order valence-corrected chi connectivity index (χ0v) is 37.7. The van der Waals surface area contributed by atoms with Crippen LogP contribution < -0.4 is 47.9 Å². The zero-order valence-electron chi connectivity index (χ0n) is 37.7. The first-order valence-corrected chi connectivity index (χ1v) is 21.9. The Morgan fingerprint density at radius 1 is 0.941 bits per heavy atom. The van der Waals surface area contributed by atoms with E-state index in [0.717, 1.165) is 4.90 Å². The number of benzene rings is 3. The number of carbonyl (C=O) groups excluding carboxylic acids is 5. The first kappa shape index (κ1) is 50.3. The molecule has 18 nitrogen and oxygen atoms in total. The van der Waals surface area contributed by atoms with E-state index >= 15 is 0 Å². The molecule has 1 aliphatic heterocycles. The minimum absolute atomic E-state index is 0.000344. The molecule has 360 valence electrons. The molecule has 4 atom stereocenters. The van der Waals surface area contributed by atoms with Gasteiger partial charge < -0.3 is 52.8 Å². The van der Waals surface area contributed by atoms with Crippen molar-refractivity contribution in [1.29, 1.82) is 5.26 Å². The van der Waals surface area contributed by atoms with Crippen LogP contribution >= 0.6 is 0 Å². The first-order valence-electron chi connectivity index (χ1n) is 21.9. The summed E-state index contributed by atoms with van der Waals surface area (Å²) in [6.45, 7) is 3.09. The molecule has 10 N–H and O–H groups in total. The minimum atomic E-state index is -4.37. The Bertz CT molecular complexity index is 2570. The van der Waals surface area contributed by atoms with Gasteiger partial charge in [-0.25, -0.2) is 9.97 Å². The van der Waals surface area contributed by atoms with Gasteiger partial charge in [0.1, 0.15) is 55.4 Å². The van der Waals surface area contributed by atoms with E-state index in [4.69, 9.17) is 31.9 Å². The Balaban J connectivity index is 1.35. The fourth-order valence-corrected chi connectivity index (χ4v) is 7.99. The van der Waals surface area contributed by atoms with E-state index in [9.17, 15) is 37.1 Å². The molecule has 1 fully saturated rings. The number of nitrogens with zero attached hydrogens (tertiary/aromatic N) is 4. The Hall–Kier alpha value is -7.15. The molecule has 0 radical (unpaired) electrons. The molecule has 3 aromatic carbocycles. The number of ether oxygens (including phenoxy) is 2. The maximum Gasteiger partial charge on any atom is 0.398 e. The van der Waals surface area contributed by atoms with Crippen LogP contribution in [0, 0.1) is 18.3 Å². The quantitative estimate of drug-likeness (QED) is 0.0795. The van der Waals surface area contributed by atoms with Gasteiger partial charge in [0.25, 0.3) is 5.91 Å². The number of aryl methyl sites for hydroxylation is 1. The summed E-state index contributed by atoms with van der Waals surface area (Å²) < 4.78 is 53.3. The number of nitriles is 1. The highest BCUT2D eigenvalue weighted by Crippen LogP contribution is 2.59. The molecule has 2 aliphatic rings. The average molecular weight is 942 g/mol. The molecule has 68 heavy (non-hydrogen) atoms. The van der Waals surface area contributed by atoms with Crippen LogP contribution in [0.3, 0.4) is 0 Å². The number of carbonyl (C=O) groups is 5. The number of nitrogens with one attached hydrogen (secondary N) is 4. The number of aromatic nitrogens is 2. The maximum absolute atomic E-state index is 14.6. The lowest BCUT2D eigenvalue weighted by molar-refractivity contribution is -0.160. The van der Waals surface area contributed by atoms with Gasteiger partial charge in [0.05, 0.1) is 22.7 Å². The molecule has 0 saturated heterocycles. The molecule has 6 rings (SSSR count). The molecule has 5 amide bonds. The highest BCUT2D eigenvalue weighted by Gasteiger charge is 2.64. The van der Waals surface area contributed by atoms with E-state index in [2.05, 4.69) is 31.2 Å². The van der Waals surface area contributed by atoms with Gasteiger partial charge in [-0.3, -0.25) is 24.0 Å². The Labute approximate surface area is 390 Å². The highest BCUT2D eigenvalue weighted by molar-refractivity contribution is 6.00. The lowest BCUT2D eigenvalue weighted by Gasteiger charge is -2.32. The number of nitrogens with two attached hydrogens (primary N) is 3. The van der Waals surface area contributed by atoms with Crippen LogP contribution in [0.4, 0.5) is 13.2 Å². The van der Waals surface area contributed by atoms with Crippen molar-refractivity contribution in [3.8, 4) is 40.1 Å². The lowest BCUT2D eigenvalue weighted by Crippen LogP contribution is -2.56. The summed E-state index contributed by atoms with van der Waals surface area (Å²) in [4.78, 5) is 80.0. The number of amides is 5. The van der Waals surface area contributed by atoms with E-state index in [-0.39, 0.29) is 93.3 Å². The van der Waals surface area contributed by atoms with Crippen molar-refractivity contribution in [2.75, 3.05) is 46.4 Å². The minimum Gasteiger partial charge on any atom is -0.492 e. The molecule has 1 aliphatic carbocycles. The SMILES string of the molecule is Cc1nc(-c2ccc(C3(C(F)(F)F)CC3)cc2)ncc1C(=O)NC(CCN)C(=O)N(C)C1C(=O)NC(C)C(=O)NC(C(=O)NCC#N)Cc2ccc(OCCN)c(c2)-c2cc1ccc2OCCN. The van der Waals surface area contributed by atoms with Gasteiger partial charge in [0.2, 0.25) is 23.6 Å². The van der Waals surface area contributed by atoms with Crippen LogP contribution in [0.1, 0.15) is 65.0 Å². The van der Waals surface area contributed by atoms with Gasteiger partial charge in [-0.2, -0.15) is 18.4 Å². The molecule has 4 unspecified atom stereocenters. The lowest BCUT2D eigenvalue weighted by atomic mass is 9.93. The van der Waals surface area contributed by atoms with Crippen molar-refractivity contribution in [1.82, 2.24) is 36.1 Å². The topological polar surface area (TPSA) is 283 Å². The Kier molecular flexibility index (Phi) is 16.0. The van der Waals surface area contributed by atoms with Gasteiger partial charge in [0.15, 0.2) is 5.82 Å². The second-order valence-corrected chi connectivity index (χ2v) is 16.5. The number of likely N-dealkylation sites (N-methyl/N-ethyl adjacent to an activating group) is 1. The van der Waals surface area contributed by atoms with Crippen molar-refractivity contribution < 1.29 is 46.6 Å². The summed E-state index contributed by atoms with van der Waals surface area (Å²) in [5.41, 5.74) is 18.2. The summed E-state index contributed by atoms with van der Waals surface area (Å²) in [5.74, 6) is -2.82. The van der Waals surface area contributed by atoms with Gasteiger partial charge in [0, 0.05) is 49.4 Å². The summed E-state index contributed by atoms with van der Waals surface area (Å²) >= 11 is 0. The van der Waals surface area contributed by atoms with Crippen LogP contribution in [0.25, 0.3) is 22.5 Å².